The summed E-state index contributed by atoms with van der Waals surface area (Å²) < 4.78 is 2.34. The van der Waals surface area contributed by atoms with Crippen LogP contribution in [-0.2, 0) is 6.54 Å². The molecule has 2 rings (SSSR count). The van der Waals surface area contributed by atoms with Gasteiger partial charge in [-0.15, -0.1) is 0 Å². The van der Waals surface area contributed by atoms with Gasteiger partial charge in [0.25, 0.3) is 0 Å². The number of aromatic nitrogens is 2. The zero-order valence-corrected chi connectivity index (χ0v) is 9.08. The van der Waals surface area contributed by atoms with Crippen molar-refractivity contribution in [2.75, 3.05) is 13.1 Å². The first-order valence-electron chi connectivity index (χ1n) is 5.47. The van der Waals surface area contributed by atoms with Gasteiger partial charge in [0.1, 0.15) is 5.82 Å². The van der Waals surface area contributed by atoms with E-state index in [1.165, 1.54) is 31.6 Å². The van der Waals surface area contributed by atoms with Gasteiger partial charge in [-0.3, -0.25) is 0 Å². The predicted octanol–water partition coefficient (Wildman–Crippen LogP) is 1.50. The molecular formula is C11H19N3. The fourth-order valence-electron chi connectivity index (χ4n) is 2.18. The molecule has 0 spiro atoms. The van der Waals surface area contributed by atoms with Gasteiger partial charge in [-0.2, -0.15) is 0 Å². The molecule has 1 aromatic rings. The van der Waals surface area contributed by atoms with Crippen LogP contribution in [0.2, 0.25) is 0 Å². The first-order valence-corrected chi connectivity index (χ1v) is 5.47. The maximum atomic E-state index is 4.33. The molecule has 1 saturated heterocycles. The number of hydrogen-bond donors (Lipinski definition) is 1. The molecule has 3 nitrogen and oxygen atoms in total. The Morgan fingerprint density at radius 1 is 1.43 bits per heavy atom. The lowest BCUT2D eigenvalue weighted by Gasteiger charge is -2.24. The van der Waals surface area contributed by atoms with E-state index in [4.69, 9.17) is 0 Å². The zero-order chi connectivity index (χ0) is 9.97. The molecule has 0 atom stereocenters. The number of aryl methyl sites for hydroxylation is 2. The standard InChI is InChI=1S/C11H19N3/c1-9-7-13-10(2)14(9)8-11-3-5-12-6-4-11/h7,11-12H,3-6,8H2,1-2H3. The summed E-state index contributed by atoms with van der Waals surface area (Å²) in [6.07, 6.45) is 4.57. The Bertz CT molecular complexity index is 278. The predicted molar refractivity (Wildman–Crippen MR) is 57.3 cm³/mol. The van der Waals surface area contributed by atoms with Crippen LogP contribution in [0.25, 0.3) is 0 Å². The van der Waals surface area contributed by atoms with Crippen molar-refractivity contribution in [3.8, 4) is 0 Å². The van der Waals surface area contributed by atoms with Gasteiger partial charge >= 0.3 is 0 Å². The third kappa shape index (κ3) is 1.98. The molecular weight excluding hydrogens is 174 g/mol. The van der Waals surface area contributed by atoms with Gasteiger partial charge in [0.05, 0.1) is 0 Å². The molecule has 1 aromatic heterocycles. The second-order valence-electron chi connectivity index (χ2n) is 4.25. The van der Waals surface area contributed by atoms with Gasteiger partial charge in [-0.05, 0) is 45.7 Å². The van der Waals surface area contributed by atoms with E-state index in [0.717, 1.165) is 18.3 Å². The molecule has 0 aliphatic carbocycles. The molecule has 1 aliphatic rings. The minimum absolute atomic E-state index is 0.836. The van der Waals surface area contributed by atoms with Crippen molar-refractivity contribution in [1.29, 1.82) is 0 Å². The number of nitrogens with one attached hydrogen (secondary N) is 1. The van der Waals surface area contributed by atoms with E-state index in [9.17, 15) is 0 Å². The highest BCUT2D eigenvalue weighted by atomic mass is 15.1. The molecule has 0 unspecified atom stereocenters. The van der Waals surface area contributed by atoms with Gasteiger partial charge in [-0.1, -0.05) is 0 Å². The van der Waals surface area contributed by atoms with Crippen LogP contribution in [-0.4, -0.2) is 22.6 Å². The SMILES string of the molecule is Cc1cnc(C)n1CC1CCNCC1. The second kappa shape index (κ2) is 4.13. The summed E-state index contributed by atoms with van der Waals surface area (Å²) in [5, 5.41) is 3.40. The van der Waals surface area contributed by atoms with Crippen LogP contribution in [0.1, 0.15) is 24.4 Å². The lowest BCUT2D eigenvalue weighted by molar-refractivity contribution is 0.329. The minimum Gasteiger partial charge on any atom is -0.332 e. The van der Waals surface area contributed by atoms with E-state index in [1.807, 2.05) is 6.20 Å². The minimum atomic E-state index is 0.836. The van der Waals surface area contributed by atoms with E-state index >= 15 is 0 Å². The van der Waals surface area contributed by atoms with E-state index < -0.39 is 0 Å². The number of piperidine rings is 1. The molecule has 2 heterocycles. The van der Waals surface area contributed by atoms with Gasteiger partial charge in [0, 0.05) is 18.4 Å². The van der Waals surface area contributed by atoms with Crippen LogP contribution >= 0.6 is 0 Å². The van der Waals surface area contributed by atoms with E-state index in [0.29, 0.717) is 0 Å². The van der Waals surface area contributed by atoms with Crippen molar-refractivity contribution in [3.05, 3.63) is 17.7 Å². The highest BCUT2D eigenvalue weighted by Gasteiger charge is 2.15. The molecule has 0 radical (unpaired) electrons. The lowest BCUT2D eigenvalue weighted by atomic mass is 9.98. The van der Waals surface area contributed by atoms with Crippen molar-refractivity contribution >= 4 is 0 Å². The molecule has 78 valence electrons. The average molecular weight is 193 g/mol. The first-order chi connectivity index (χ1) is 6.77. The lowest BCUT2D eigenvalue weighted by Crippen LogP contribution is -2.30. The Balaban J connectivity index is 2.02. The molecule has 3 heteroatoms. The highest BCUT2D eigenvalue weighted by Crippen LogP contribution is 2.16. The maximum absolute atomic E-state index is 4.33. The van der Waals surface area contributed by atoms with Crippen LogP contribution in [0.5, 0.6) is 0 Å². The van der Waals surface area contributed by atoms with Crippen LogP contribution in [0.4, 0.5) is 0 Å². The number of rotatable bonds is 2. The molecule has 1 fully saturated rings. The van der Waals surface area contributed by atoms with E-state index in [2.05, 4.69) is 28.7 Å². The van der Waals surface area contributed by atoms with Crippen LogP contribution in [0.3, 0.4) is 0 Å². The van der Waals surface area contributed by atoms with Crippen molar-refractivity contribution < 1.29 is 0 Å². The van der Waals surface area contributed by atoms with Crippen molar-refractivity contribution in [1.82, 2.24) is 14.9 Å². The summed E-state index contributed by atoms with van der Waals surface area (Å²) in [5.41, 5.74) is 1.29. The Labute approximate surface area is 85.5 Å². The number of hydrogen-bond acceptors (Lipinski definition) is 2. The largest absolute Gasteiger partial charge is 0.332 e. The van der Waals surface area contributed by atoms with Crippen LogP contribution in [0, 0.1) is 19.8 Å². The van der Waals surface area contributed by atoms with Gasteiger partial charge in [-0.25, -0.2) is 4.98 Å². The second-order valence-corrected chi connectivity index (χ2v) is 4.25. The third-order valence-corrected chi connectivity index (χ3v) is 3.15. The zero-order valence-electron chi connectivity index (χ0n) is 9.08. The van der Waals surface area contributed by atoms with Crippen molar-refractivity contribution in [3.63, 3.8) is 0 Å². The number of imidazole rings is 1. The van der Waals surface area contributed by atoms with E-state index in [1.54, 1.807) is 0 Å². The van der Waals surface area contributed by atoms with Crippen molar-refractivity contribution in [2.24, 2.45) is 5.92 Å². The van der Waals surface area contributed by atoms with Gasteiger partial charge in [0.2, 0.25) is 0 Å². The van der Waals surface area contributed by atoms with Crippen LogP contribution < -0.4 is 5.32 Å². The molecule has 1 N–H and O–H groups in total. The Morgan fingerprint density at radius 3 is 2.71 bits per heavy atom. The third-order valence-electron chi connectivity index (χ3n) is 3.15. The molecule has 0 aromatic carbocycles. The molecule has 0 saturated carbocycles. The van der Waals surface area contributed by atoms with Crippen molar-refractivity contribution in [2.45, 2.75) is 33.2 Å². The monoisotopic (exact) mass is 193 g/mol. The normalized spacial score (nSPS) is 18.7. The van der Waals surface area contributed by atoms with Gasteiger partial charge < -0.3 is 9.88 Å². The average Bonchev–Trinajstić information content (AvgIpc) is 2.51. The maximum Gasteiger partial charge on any atom is 0.105 e. The molecule has 0 amide bonds. The fraction of sp³-hybridized carbons (Fsp3) is 0.727. The van der Waals surface area contributed by atoms with Crippen LogP contribution in [0.15, 0.2) is 6.20 Å². The summed E-state index contributed by atoms with van der Waals surface area (Å²) in [5.74, 6) is 1.99. The Kier molecular flexibility index (Phi) is 2.87. The topological polar surface area (TPSA) is 29.9 Å². The Morgan fingerprint density at radius 2 is 2.14 bits per heavy atom. The summed E-state index contributed by atoms with van der Waals surface area (Å²) in [4.78, 5) is 4.33. The summed E-state index contributed by atoms with van der Waals surface area (Å²) in [6, 6.07) is 0. The quantitative estimate of drug-likeness (QED) is 0.771. The Hall–Kier alpha value is -0.830. The molecule has 1 aliphatic heterocycles. The number of nitrogens with zero attached hydrogens (tertiary/aromatic N) is 2. The summed E-state index contributed by atoms with van der Waals surface area (Å²) >= 11 is 0. The fourth-order valence-corrected chi connectivity index (χ4v) is 2.18. The highest BCUT2D eigenvalue weighted by molar-refractivity contribution is 5.02. The summed E-state index contributed by atoms with van der Waals surface area (Å²) in [7, 11) is 0. The van der Waals surface area contributed by atoms with Gasteiger partial charge in [0.15, 0.2) is 0 Å². The van der Waals surface area contributed by atoms with E-state index in [-0.39, 0.29) is 0 Å². The smallest absolute Gasteiger partial charge is 0.105 e. The molecule has 0 bridgehead atoms. The molecule has 14 heavy (non-hydrogen) atoms. The first kappa shape index (κ1) is 9.71. The summed E-state index contributed by atoms with van der Waals surface area (Å²) in [6.45, 7) is 7.74.